The van der Waals surface area contributed by atoms with E-state index in [-0.39, 0.29) is 5.78 Å². The third kappa shape index (κ3) is 8.60. The Morgan fingerprint density at radius 1 is 0.743 bits per heavy atom. The van der Waals surface area contributed by atoms with Gasteiger partial charge in [-0.3, -0.25) is 9.59 Å². The van der Waals surface area contributed by atoms with Crippen molar-refractivity contribution in [3.05, 3.63) is 96.6 Å². The van der Waals surface area contributed by atoms with Crippen molar-refractivity contribution in [2.24, 2.45) is 0 Å². The molecule has 0 aliphatic carbocycles. The fourth-order valence-electron chi connectivity index (χ4n) is 4.06. The Kier molecular flexibility index (Phi) is 10.4. The molecule has 3 aromatic rings. The van der Waals surface area contributed by atoms with Gasteiger partial charge >= 0.3 is 0 Å². The smallest absolute Gasteiger partial charge is 0.223 e. The summed E-state index contributed by atoms with van der Waals surface area (Å²) < 4.78 is 0. The van der Waals surface area contributed by atoms with E-state index in [4.69, 9.17) is 0 Å². The molecule has 1 fully saturated rings. The highest BCUT2D eigenvalue weighted by atomic mass is 16.2. The molecule has 184 valence electrons. The molecule has 0 radical (unpaired) electrons. The minimum absolute atomic E-state index is 0.193. The largest absolute Gasteiger partial charge is 0.374 e. The molecule has 1 amide bonds. The first-order valence-electron chi connectivity index (χ1n) is 12.4. The van der Waals surface area contributed by atoms with Crippen molar-refractivity contribution >= 4 is 23.1 Å². The van der Waals surface area contributed by atoms with Gasteiger partial charge in [0.15, 0.2) is 5.78 Å². The van der Waals surface area contributed by atoms with Crippen LogP contribution in [0.5, 0.6) is 0 Å². The van der Waals surface area contributed by atoms with Gasteiger partial charge in [0.25, 0.3) is 0 Å². The standard InChI is InChI=1S/C16H17NO.C14H20N2O/c1-17(15-10-6-3-7-11-15)13-12-16(18)14-8-4-2-5-9-14;1-15(13-8-4-2-5-9-13)12-16-11-7-3-6-10-14(16)17/h2-11H,12-13H2,1H3;2,4-5,8-9H,3,6-7,10-12H2,1H3. The number of amides is 1. The van der Waals surface area contributed by atoms with Gasteiger partial charge in [0, 0.05) is 57.0 Å². The highest BCUT2D eigenvalue weighted by molar-refractivity contribution is 5.96. The summed E-state index contributed by atoms with van der Waals surface area (Å²) in [6.45, 7) is 2.33. The number of ketones is 1. The maximum Gasteiger partial charge on any atom is 0.223 e. The molecule has 1 aliphatic heterocycles. The lowest BCUT2D eigenvalue weighted by atomic mass is 10.1. The number of anilines is 2. The van der Waals surface area contributed by atoms with E-state index >= 15 is 0 Å². The van der Waals surface area contributed by atoms with Gasteiger partial charge in [0.1, 0.15) is 0 Å². The highest BCUT2D eigenvalue weighted by Crippen LogP contribution is 2.15. The molecule has 3 aromatic carbocycles. The van der Waals surface area contributed by atoms with E-state index in [9.17, 15) is 9.59 Å². The molecule has 0 spiro atoms. The summed E-state index contributed by atoms with van der Waals surface area (Å²) in [6.07, 6.45) is 4.61. The van der Waals surface area contributed by atoms with Crippen molar-refractivity contribution in [2.75, 3.05) is 43.7 Å². The van der Waals surface area contributed by atoms with Gasteiger partial charge in [0.05, 0.1) is 6.67 Å². The summed E-state index contributed by atoms with van der Waals surface area (Å²) >= 11 is 0. The second kappa shape index (κ2) is 14.0. The van der Waals surface area contributed by atoms with Crippen LogP contribution in [0, 0.1) is 0 Å². The van der Waals surface area contributed by atoms with E-state index in [0.717, 1.165) is 42.9 Å². The molecule has 5 heteroatoms. The number of hydrogen-bond acceptors (Lipinski definition) is 4. The number of carbonyl (C=O) groups excluding carboxylic acids is 2. The van der Waals surface area contributed by atoms with Gasteiger partial charge in [-0.2, -0.15) is 0 Å². The van der Waals surface area contributed by atoms with E-state index in [1.807, 2.05) is 97.9 Å². The topological polar surface area (TPSA) is 43.9 Å². The summed E-state index contributed by atoms with van der Waals surface area (Å²) in [6, 6.07) is 29.7. The molecule has 4 rings (SSSR count). The number of carbonyl (C=O) groups is 2. The van der Waals surface area contributed by atoms with Crippen LogP contribution in [0.1, 0.15) is 42.5 Å². The molecular weight excluding hydrogens is 434 g/mol. The summed E-state index contributed by atoms with van der Waals surface area (Å²) in [4.78, 5) is 30.0. The molecule has 0 atom stereocenters. The zero-order valence-corrected chi connectivity index (χ0v) is 21.0. The SMILES string of the molecule is CN(CCC(=O)c1ccccc1)c1ccccc1.CN(CN1CCCCCC1=O)c1ccccc1. The summed E-state index contributed by atoms with van der Waals surface area (Å²) in [5.74, 6) is 0.490. The minimum atomic E-state index is 0.193. The van der Waals surface area contributed by atoms with Crippen LogP contribution in [0.3, 0.4) is 0 Å². The first-order valence-corrected chi connectivity index (χ1v) is 12.4. The molecular formula is C30H37N3O2. The fourth-order valence-corrected chi connectivity index (χ4v) is 4.06. The number of nitrogens with zero attached hydrogens (tertiary/aromatic N) is 3. The van der Waals surface area contributed by atoms with Crippen LogP contribution in [0.4, 0.5) is 11.4 Å². The molecule has 1 heterocycles. The minimum Gasteiger partial charge on any atom is -0.374 e. The predicted octanol–water partition coefficient (Wildman–Crippen LogP) is 5.88. The third-order valence-electron chi connectivity index (χ3n) is 6.22. The summed E-state index contributed by atoms with van der Waals surface area (Å²) in [5.41, 5.74) is 3.09. The molecule has 5 nitrogen and oxygen atoms in total. The quantitative estimate of drug-likeness (QED) is 0.385. The number of para-hydroxylation sites is 2. The average molecular weight is 472 g/mol. The van der Waals surface area contributed by atoms with Gasteiger partial charge in [0.2, 0.25) is 5.91 Å². The van der Waals surface area contributed by atoms with Crippen LogP contribution >= 0.6 is 0 Å². The Bertz CT molecular complexity index is 1030. The predicted molar refractivity (Wildman–Crippen MR) is 145 cm³/mol. The highest BCUT2D eigenvalue weighted by Gasteiger charge is 2.17. The molecule has 0 bridgehead atoms. The molecule has 1 aliphatic rings. The first kappa shape index (κ1) is 26.0. The maximum atomic E-state index is 12.0. The van der Waals surface area contributed by atoms with Crippen LogP contribution in [0.15, 0.2) is 91.0 Å². The van der Waals surface area contributed by atoms with Crippen molar-refractivity contribution in [1.29, 1.82) is 0 Å². The van der Waals surface area contributed by atoms with E-state index in [1.54, 1.807) is 0 Å². The monoisotopic (exact) mass is 471 g/mol. The lowest BCUT2D eigenvalue weighted by Gasteiger charge is -2.28. The Morgan fingerprint density at radius 2 is 1.29 bits per heavy atom. The number of benzene rings is 3. The van der Waals surface area contributed by atoms with Gasteiger partial charge in [-0.1, -0.05) is 73.2 Å². The van der Waals surface area contributed by atoms with Crippen molar-refractivity contribution in [3.63, 3.8) is 0 Å². The normalized spacial score (nSPS) is 13.3. The Hall–Kier alpha value is -3.60. The van der Waals surface area contributed by atoms with E-state index in [0.29, 0.717) is 25.4 Å². The second-order valence-corrected chi connectivity index (χ2v) is 8.94. The Morgan fingerprint density at radius 3 is 1.89 bits per heavy atom. The van der Waals surface area contributed by atoms with Crippen LogP contribution in [-0.4, -0.2) is 50.4 Å². The number of rotatable bonds is 8. The molecule has 35 heavy (non-hydrogen) atoms. The summed E-state index contributed by atoms with van der Waals surface area (Å²) in [7, 11) is 4.04. The van der Waals surface area contributed by atoms with Crippen molar-refractivity contribution in [3.8, 4) is 0 Å². The number of likely N-dealkylation sites (tertiary alicyclic amines) is 1. The fraction of sp³-hybridized carbons (Fsp3) is 0.333. The zero-order chi connectivity index (χ0) is 24.9. The Labute approximate surface area is 210 Å². The van der Waals surface area contributed by atoms with Crippen molar-refractivity contribution < 1.29 is 9.59 Å². The van der Waals surface area contributed by atoms with E-state index in [2.05, 4.69) is 21.9 Å². The maximum absolute atomic E-state index is 12.0. The van der Waals surface area contributed by atoms with Crippen molar-refractivity contribution in [2.45, 2.75) is 32.1 Å². The van der Waals surface area contributed by atoms with Crippen LogP contribution in [0.25, 0.3) is 0 Å². The molecule has 0 N–H and O–H groups in total. The van der Waals surface area contributed by atoms with Crippen LogP contribution < -0.4 is 9.80 Å². The molecule has 0 saturated carbocycles. The zero-order valence-electron chi connectivity index (χ0n) is 21.0. The summed E-state index contributed by atoms with van der Waals surface area (Å²) in [5, 5.41) is 0. The van der Waals surface area contributed by atoms with E-state index in [1.165, 1.54) is 6.42 Å². The first-order chi connectivity index (χ1) is 17.0. The van der Waals surface area contributed by atoms with Gasteiger partial charge in [-0.25, -0.2) is 0 Å². The van der Waals surface area contributed by atoms with Crippen molar-refractivity contribution in [1.82, 2.24) is 4.90 Å². The second-order valence-electron chi connectivity index (χ2n) is 8.94. The van der Waals surface area contributed by atoms with E-state index < -0.39 is 0 Å². The molecule has 0 unspecified atom stereocenters. The number of Topliss-reactive ketones (excluding diaryl/α,β-unsaturated/α-hetero) is 1. The number of hydrogen-bond donors (Lipinski definition) is 0. The van der Waals surface area contributed by atoms with Crippen LogP contribution in [-0.2, 0) is 4.79 Å². The average Bonchev–Trinajstić information content (AvgIpc) is 3.12. The van der Waals surface area contributed by atoms with Gasteiger partial charge in [-0.15, -0.1) is 0 Å². The Balaban J connectivity index is 0.000000196. The van der Waals surface area contributed by atoms with Gasteiger partial charge in [-0.05, 0) is 37.1 Å². The lowest BCUT2D eigenvalue weighted by molar-refractivity contribution is -0.130. The van der Waals surface area contributed by atoms with Gasteiger partial charge < -0.3 is 14.7 Å². The third-order valence-corrected chi connectivity index (χ3v) is 6.22. The molecule has 0 aromatic heterocycles. The van der Waals surface area contributed by atoms with Crippen LogP contribution in [0.2, 0.25) is 0 Å². The molecule has 1 saturated heterocycles. The lowest BCUT2D eigenvalue weighted by Crippen LogP contribution is -2.39.